The molecule has 1 aromatic carbocycles. The van der Waals surface area contributed by atoms with Gasteiger partial charge in [-0.3, -0.25) is 4.98 Å². The highest BCUT2D eigenvalue weighted by molar-refractivity contribution is 5.82. The minimum Gasteiger partial charge on any atom is -0.383 e. The van der Waals surface area contributed by atoms with E-state index in [2.05, 4.69) is 60.3 Å². The molecule has 2 unspecified atom stereocenters. The normalized spacial score (nSPS) is 38.9. The zero-order valence-corrected chi connectivity index (χ0v) is 22.1. The third kappa shape index (κ3) is 3.20. The van der Waals surface area contributed by atoms with Gasteiger partial charge in [-0.2, -0.15) is 0 Å². The van der Waals surface area contributed by atoms with Gasteiger partial charge in [0.05, 0.1) is 17.8 Å². The van der Waals surface area contributed by atoms with Crippen molar-refractivity contribution < 1.29 is 9.47 Å². The Kier molecular flexibility index (Phi) is 5.30. The summed E-state index contributed by atoms with van der Waals surface area (Å²) in [5.41, 5.74) is 4.69. The van der Waals surface area contributed by atoms with Gasteiger partial charge in [-0.05, 0) is 110 Å². The standard InChI is InChI=1S/C32H40N2O2/c1-30-12-10-26-19-25-6-7-27(34(2)16-17-35-3)20-31(25)13-14-32(26,36-31)29(30)9-8-28(30)23-5-4-22-11-15-33-21-24(22)18-23/h4-5,10-11,15,18-19,21,27-29H,6-9,12-14,16-17,20H2,1-3H3/t27?,28?,29-,30-,31-,32-/m1/s1. The first-order valence-corrected chi connectivity index (χ1v) is 14.1. The van der Waals surface area contributed by atoms with Gasteiger partial charge in [0.25, 0.3) is 0 Å². The van der Waals surface area contributed by atoms with Crippen LogP contribution in [0, 0.1) is 11.3 Å². The number of benzene rings is 1. The fraction of sp³-hybridized carbons (Fsp3) is 0.594. The summed E-state index contributed by atoms with van der Waals surface area (Å²) in [4.78, 5) is 6.90. The van der Waals surface area contributed by atoms with E-state index in [1.165, 1.54) is 60.4 Å². The van der Waals surface area contributed by atoms with Crippen molar-refractivity contribution in [2.45, 2.75) is 81.5 Å². The number of allylic oxidation sites excluding steroid dienone is 1. The quantitative estimate of drug-likeness (QED) is 0.490. The van der Waals surface area contributed by atoms with Crippen molar-refractivity contribution in [1.29, 1.82) is 0 Å². The molecular formula is C32H40N2O2. The molecule has 2 aliphatic heterocycles. The van der Waals surface area contributed by atoms with Crippen molar-refractivity contribution in [2.75, 3.05) is 27.3 Å². The highest BCUT2D eigenvalue weighted by Gasteiger charge is 2.66. The average Bonchev–Trinajstić information content (AvgIpc) is 3.41. The Morgan fingerprint density at radius 2 is 2.06 bits per heavy atom. The molecule has 36 heavy (non-hydrogen) atoms. The van der Waals surface area contributed by atoms with Gasteiger partial charge in [-0.1, -0.05) is 31.2 Å². The molecule has 4 nitrogen and oxygen atoms in total. The van der Waals surface area contributed by atoms with Gasteiger partial charge in [0.15, 0.2) is 0 Å². The van der Waals surface area contributed by atoms with Gasteiger partial charge in [-0.15, -0.1) is 0 Å². The molecule has 3 aliphatic carbocycles. The van der Waals surface area contributed by atoms with Crippen LogP contribution in [0.1, 0.15) is 69.8 Å². The minimum absolute atomic E-state index is 0.0491. The van der Waals surface area contributed by atoms with E-state index in [4.69, 9.17) is 9.47 Å². The van der Waals surface area contributed by atoms with Crippen LogP contribution in [-0.2, 0) is 9.47 Å². The monoisotopic (exact) mass is 484 g/mol. The van der Waals surface area contributed by atoms with Crippen LogP contribution in [0.4, 0.5) is 0 Å². The zero-order valence-electron chi connectivity index (χ0n) is 22.1. The summed E-state index contributed by atoms with van der Waals surface area (Å²) in [5.74, 6) is 1.16. The second-order valence-electron chi connectivity index (χ2n) is 12.6. The highest BCUT2D eigenvalue weighted by atomic mass is 16.5. The summed E-state index contributed by atoms with van der Waals surface area (Å²) >= 11 is 0. The van der Waals surface area contributed by atoms with Crippen LogP contribution < -0.4 is 0 Å². The lowest BCUT2D eigenvalue weighted by molar-refractivity contribution is -0.140. The van der Waals surface area contributed by atoms with Crippen molar-refractivity contribution in [3.63, 3.8) is 0 Å². The predicted molar refractivity (Wildman–Crippen MR) is 144 cm³/mol. The lowest BCUT2D eigenvalue weighted by Gasteiger charge is -2.55. The van der Waals surface area contributed by atoms with Crippen molar-refractivity contribution in [2.24, 2.45) is 11.3 Å². The Morgan fingerprint density at radius 1 is 1.14 bits per heavy atom. The van der Waals surface area contributed by atoms with E-state index >= 15 is 0 Å². The third-order valence-electron chi connectivity index (χ3n) is 11.0. The molecule has 7 rings (SSSR count). The number of hydrogen-bond acceptors (Lipinski definition) is 4. The predicted octanol–water partition coefficient (Wildman–Crippen LogP) is 6.42. The molecule has 2 aromatic rings. The molecular weight excluding hydrogens is 444 g/mol. The van der Waals surface area contributed by atoms with Gasteiger partial charge in [0, 0.05) is 37.5 Å². The van der Waals surface area contributed by atoms with Crippen molar-refractivity contribution in [3.05, 3.63) is 65.5 Å². The number of pyridine rings is 1. The molecule has 4 heteroatoms. The molecule has 0 radical (unpaired) electrons. The summed E-state index contributed by atoms with van der Waals surface area (Å²) in [5, 5.41) is 2.55. The van der Waals surface area contributed by atoms with Crippen molar-refractivity contribution in [3.8, 4) is 0 Å². The van der Waals surface area contributed by atoms with E-state index in [0.717, 1.165) is 26.0 Å². The second kappa shape index (κ2) is 8.24. The number of aromatic nitrogens is 1. The van der Waals surface area contributed by atoms with Crippen LogP contribution in [0.5, 0.6) is 0 Å². The fourth-order valence-electron chi connectivity index (χ4n) is 9.04. The van der Waals surface area contributed by atoms with Gasteiger partial charge in [-0.25, -0.2) is 0 Å². The van der Waals surface area contributed by atoms with Gasteiger partial charge >= 0.3 is 0 Å². The van der Waals surface area contributed by atoms with E-state index in [1.807, 2.05) is 12.4 Å². The summed E-state index contributed by atoms with van der Waals surface area (Å²) in [6, 6.07) is 9.79. The number of likely N-dealkylation sites (N-methyl/N-ethyl adjacent to an activating group) is 1. The molecule has 2 spiro atoms. The van der Waals surface area contributed by atoms with Crippen LogP contribution >= 0.6 is 0 Å². The summed E-state index contributed by atoms with van der Waals surface area (Å²) in [7, 11) is 4.07. The minimum atomic E-state index is -0.0867. The Labute approximate surface area is 215 Å². The molecule has 3 fully saturated rings. The fourth-order valence-corrected chi connectivity index (χ4v) is 9.04. The topological polar surface area (TPSA) is 34.6 Å². The number of rotatable bonds is 5. The van der Waals surface area contributed by atoms with E-state index in [-0.39, 0.29) is 16.6 Å². The third-order valence-corrected chi connectivity index (χ3v) is 11.0. The summed E-state index contributed by atoms with van der Waals surface area (Å²) in [6.07, 6.45) is 18.7. The largest absolute Gasteiger partial charge is 0.383 e. The zero-order chi connectivity index (χ0) is 24.5. The summed E-state index contributed by atoms with van der Waals surface area (Å²) < 4.78 is 12.9. The van der Waals surface area contributed by atoms with Crippen LogP contribution in [-0.4, -0.2) is 54.4 Å². The molecule has 190 valence electrons. The van der Waals surface area contributed by atoms with Crippen LogP contribution in [0.15, 0.2) is 60.0 Å². The van der Waals surface area contributed by atoms with Gasteiger partial charge in [0.1, 0.15) is 0 Å². The molecule has 0 N–H and O–H groups in total. The van der Waals surface area contributed by atoms with Gasteiger partial charge < -0.3 is 14.4 Å². The Balaban J connectivity index is 1.21. The van der Waals surface area contributed by atoms with E-state index < -0.39 is 0 Å². The Morgan fingerprint density at radius 3 is 2.94 bits per heavy atom. The second-order valence-corrected chi connectivity index (χ2v) is 12.6. The lowest BCUT2D eigenvalue weighted by atomic mass is 9.58. The van der Waals surface area contributed by atoms with Crippen molar-refractivity contribution >= 4 is 10.8 Å². The lowest BCUT2D eigenvalue weighted by Crippen LogP contribution is -2.55. The smallest absolute Gasteiger partial charge is 0.0974 e. The van der Waals surface area contributed by atoms with Crippen LogP contribution in [0.2, 0.25) is 0 Å². The summed E-state index contributed by atoms with van der Waals surface area (Å²) in [6.45, 7) is 4.36. The number of methoxy groups -OCH3 is 1. The number of fused-ring (bicyclic) bond motifs is 2. The van der Waals surface area contributed by atoms with Gasteiger partial charge in [0.2, 0.25) is 0 Å². The Hall–Kier alpha value is -2.01. The molecule has 2 saturated carbocycles. The first kappa shape index (κ1) is 23.1. The first-order chi connectivity index (χ1) is 17.5. The van der Waals surface area contributed by atoms with E-state index in [1.54, 1.807) is 12.7 Å². The van der Waals surface area contributed by atoms with E-state index in [0.29, 0.717) is 17.9 Å². The van der Waals surface area contributed by atoms with Crippen molar-refractivity contribution in [1.82, 2.24) is 9.88 Å². The maximum absolute atomic E-state index is 7.49. The molecule has 0 amide bonds. The molecule has 1 saturated heterocycles. The Bertz CT molecular complexity index is 1250. The number of hydrogen-bond donors (Lipinski definition) is 0. The van der Waals surface area contributed by atoms with Crippen LogP contribution in [0.25, 0.3) is 10.8 Å². The maximum Gasteiger partial charge on any atom is 0.0974 e. The molecule has 3 heterocycles. The van der Waals surface area contributed by atoms with Crippen LogP contribution in [0.3, 0.4) is 0 Å². The molecule has 6 atom stereocenters. The SMILES string of the molecule is COCCN(C)C1CCC2=CC3=CC[C@]4(C)C(c5ccc6ccncc6c5)CC[C@H]4[C@@]34CC[C@]2(C1)O4. The highest BCUT2D eigenvalue weighted by Crippen LogP contribution is 2.69. The average molecular weight is 485 g/mol. The van der Waals surface area contributed by atoms with E-state index in [9.17, 15) is 0 Å². The number of ether oxygens (including phenoxy) is 2. The molecule has 2 bridgehead atoms. The molecule has 1 aromatic heterocycles. The maximum atomic E-state index is 7.49. The molecule has 5 aliphatic rings. The first-order valence-electron chi connectivity index (χ1n) is 14.1. The number of nitrogens with zero attached hydrogens (tertiary/aromatic N) is 2.